The lowest BCUT2D eigenvalue weighted by Crippen LogP contribution is -2.15. The second-order valence-corrected chi connectivity index (χ2v) is 7.88. The third-order valence-electron chi connectivity index (χ3n) is 4.57. The van der Waals surface area contributed by atoms with Crippen LogP contribution >= 0.6 is 11.8 Å². The van der Waals surface area contributed by atoms with Crippen molar-refractivity contribution >= 4 is 23.4 Å². The van der Waals surface area contributed by atoms with Crippen LogP contribution in [0, 0.1) is 0 Å². The number of pyridine rings is 1. The van der Waals surface area contributed by atoms with Crippen LogP contribution in [0.15, 0.2) is 84.3 Å². The Morgan fingerprint density at radius 3 is 2.53 bits per heavy atom. The molecule has 0 aliphatic rings. The minimum Gasteiger partial charge on any atom is -0.455 e. The molecule has 162 valence electrons. The normalized spacial score (nSPS) is 10.7. The number of hydrogen-bond acceptors (Lipinski definition) is 6. The number of thioether (sulfide) groups is 1. The van der Waals surface area contributed by atoms with Gasteiger partial charge in [-0.2, -0.15) is 0 Å². The number of nitrogens with one attached hydrogen (secondary N) is 1. The second-order valence-electron chi connectivity index (χ2n) is 6.94. The van der Waals surface area contributed by atoms with Gasteiger partial charge in [-0.1, -0.05) is 49.0 Å². The number of ether oxygens (including phenoxy) is 1. The van der Waals surface area contributed by atoms with E-state index in [-0.39, 0.29) is 11.7 Å². The van der Waals surface area contributed by atoms with E-state index >= 15 is 0 Å². The molecule has 0 saturated heterocycles. The highest BCUT2D eigenvalue weighted by molar-refractivity contribution is 7.99. The second kappa shape index (κ2) is 10.6. The first kappa shape index (κ1) is 21.6. The summed E-state index contributed by atoms with van der Waals surface area (Å²) in [7, 11) is 0. The van der Waals surface area contributed by atoms with Gasteiger partial charge in [-0.05, 0) is 42.8 Å². The van der Waals surface area contributed by atoms with E-state index in [1.165, 1.54) is 11.8 Å². The zero-order valence-corrected chi connectivity index (χ0v) is 18.5. The lowest BCUT2D eigenvalue weighted by atomic mass is 10.2. The Kier molecular flexibility index (Phi) is 7.14. The summed E-state index contributed by atoms with van der Waals surface area (Å²) in [6, 6.07) is 20.7. The van der Waals surface area contributed by atoms with Crippen LogP contribution in [0.5, 0.6) is 11.5 Å². The lowest BCUT2D eigenvalue weighted by molar-refractivity contribution is -0.113. The maximum atomic E-state index is 12.7. The van der Waals surface area contributed by atoms with E-state index in [0.29, 0.717) is 22.3 Å². The molecule has 0 radical (unpaired) electrons. The van der Waals surface area contributed by atoms with Crippen molar-refractivity contribution in [2.24, 2.45) is 0 Å². The smallest absolute Gasteiger partial charge is 0.234 e. The maximum Gasteiger partial charge on any atom is 0.234 e. The van der Waals surface area contributed by atoms with Crippen LogP contribution in [-0.2, 0) is 11.3 Å². The molecule has 4 rings (SSSR count). The summed E-state index contributed by atoms with van der Waals surface area (Å²) in [6.45, 7) is 2.86. The summed E-state index contributed by atoms with van der Waals surface area (Å²) in [5.74, 6) is 2.14. The number of para-hydroxylation sites is 3. The Hall–Kier alpha value is -3.65. The van der Waals surface area contributed by atoms with Crippen LogP contribution in [-0.4, -0.2) is 31.4 Å². The molecular weight excluding hydrogens is 422 g/mol. The van der Waals surface area contributed by atoms with Gasteiger partial charge in [0.15, 0.2) is 16.7 Å². The van der Waals surface area contributed by atoms with E-state index in [0.717, 1.165) is 24.4 Å². The van der Waals surface area contributed by atoms with Crippen molar-refractivity contribution in [2.75, 3.05) is 11.1 Å². The fourth-order valence-corrected chi connectivity index (χ4v) is 3.89. The summed E-state index contributed by atoms with van der Waals surface area (Å²) < 4.78 is 7.96. The minimum absolute atomic E-state index is 0.143. The minimum atomic E-state index is -0.143. The molecule has 0 aliphatic carbocycles. The van der Waals surface area contributed by atoms with Crippen LogP contribution in [0.4, 0.5) is 5.69 Å². The quantitative estimate of drug-likeness (QED) is 0.353. The zero-order valence-electron chi connectivity index (χ0n) is 17.6. The van der Waals surface area contributed by atoms with E-state index < -0.39 is 0 Å². The SMILES string of the molecule is CCCn1c(SCC(=O)Nc2ccccc2Oc2ccccc2)nnc1-c1ccncc1. The van der Waals surface area contributed by atoms with E-state index in [1.54, 1.807) is 12.4 Å². The molecule has 2 heterocycles. The van der Waals surface area contributed by atoms with E-state index in [4.69, 9.17) is 4.74 Å². The Balaban J connectivity index is 1.44. The van der Waals surface area contributed by atoms with Gasteiger partial charge < -0.3 is 14.6 Å². The van der Waals surface area contributed by atoms with Crippen LogP contribution in [0.3, 0.4) is 0 Å². The van der Waals surface area contributed by atoms with Crippen molar-refractivity contribution in [3.8, 4) is 22.9 Å². The Labute approximate surface area is 190 Å². The van der Waals surface area contributed by atoms with Crippen molar-refractivity contribution in [1.82, 2.24) is 19.7 Å². The highest BCUT2D eigenvalue weighted by atomic mass is 32.2. The zero-order chi connectivity index (χ0) is 22.2. The highest BCUT2D eigenvalue weighted by Gasteiger charge is 2.16. The number of hydrogen-bond donors (Lipinski definition) is 1. The Morgan fingerprint density at radius 2 is 1.75 bits per heavy atom. The lowest BCUT2D eigenvalue weighted by Gasteiger charge is -2.12. The van der Waals surface area contributed by atoms with Gasteiger partial charge in [0.25, 0.3) is 0 Å². The number of benzene rings is 2. The maximum absolute atomic E-state index is 12.7. The molecule has 4 aromatic rings. The molecular formula is C24H23N5O2S. The molecule has 8 heteroatoms. The number of carbonyl (C=O) groups is 1. The molecule has 0 fully saturated rings. The molecule has 32 heavy (non-hydrogen) atoms. The number of carbonyl (C=O) groups excluding carboxylic acids is 1. The van der Waals surface area contributed by atoms with Gasteiger partial charge >= 0.3 is 0 Å². The first-order valence-electron chi connectivity index (χ1n) is 10.3. The van der Waals surface area contributed by atoms with Crippen molar-refractivity contribution in [2.45, 2.75) is 25.0 Å². The fraction of sp³-hybridized carbons (Fsp3) is 0.167. The van der Waals surface area contributed by atoms with Crippen molar-refractivity contribution in [1.29, 1.82) is 0 Å². The molecule has 0 aliphatic heterocycles. The third-order valence-corrected chi connectivity index (χ3v) is 5.53. The Morgan fingerprint density at radius 1 is 1.00 bits per heavy atom. The highest BCUT2D eigenvalue weighted by Crippen LogP contribution is 2.30. The fourth-order valence-electron chi connectivity index (χ4n) is 3.13. The van der Waals surface area contributed by atoms with Gasteiger partial charge in [-0.15, -0.1) is 10.2 Å². The van der Waals surface area contributed by atoms with Crippen molar-refractivity contribution in [3.05, 3.63) is 79.1 Å². The van der Waals surface area contributed by atoms with Gasteiger partial charge in [-0.25, -0.2) is 0 Å². The number of anilines is 1. The number of aromatic nitrogens is 4. The Bertz CT molecular complexity index is 1170. The number of amides is 1. The largest absolute Gasteiger partial charge is 0.455 e. The van der Waals surface area contributed by atoms with E-state index in [2.05, 4.69) is 27.4 Å². The molecule has 0 saturated carbocycles. The molecule has 0 atom stereocenters. The standard InChI is InChI=1S/C24H23N5O2S/c1-2-16-29-23(18-12-14-25-15-13-18)27-28-24(29)32-17-22(30)26-20-10-6-7-11-21(20)31-19-8-4-3-5-9-19/h3-15H,2,16-17H2,1H3,(H,26,30). The summed E-state index contributed by atoms with van der Waals surface area (Å²) in [5.41, 5.74) is 1.57. The van der Waals surface area contributed by atoms with Crippen LogP contribution in [0.1, 0.15) is 13.3 Å². The van der Waals surface area contributed by atoms with Crippen molar-refractivity contribution in [3.63, 3.8) is 0 Å². The number of rotatable bonds is 9. The summed E-state index contributed by atoms with van der Waals surface area (Å²) in [5, 5.41) is 12.3. The van der Waals surface area contributed by atoms with Gasteiger partial charge in [0, 0.05) is 24.5 Å². The molecule has 7 nitrogen and oxygen atoms in total. The van der Waals surface area contributed by atoms with Gasteiger partial charge in [0.2, 0.25) is 5.91 Å². The molecule has 2 aromatic carbocycles. The van der Waals surface area contributed by atoms with Crippen molar-refractivity contribution < 1.29 is 9.53 Å². The predicted octanol–water partition coefficient (Wildman–Crippen LogP) is 5.27. The van der Waals surface area contributed by atoms with E-state index in [9.17, 15) is 4.79 Å². The summed E-state index contributed by atoms with van der Waals surface area (Å²) in [6.07, 6.45) is 4.39. The third kappa shape index (κ3) is 5.33. The summed E-state index contributed by atoms with van der Waals surface area (Å²) in [4.78, 5) is 16.7. The molecule has 0 spiro atoms. The van der Waals surface area contributed by atoms with Gasteiger partial charge in [0.05, 0.1) is 11.4 Å². The number of nitrogens with zero attached hydrogens (tertiary/aromatic N) is 4. The molecule has 0 bridgehead atoms. The van der Waals surface area contributed by atoms with Gasteiger partial charge in [0.1, 0.15) is 5.75 Å². The monoisotopic (exact) mass is 445 g/mol. The van der Waals surface area contributed by atoms with Crippen LogP contribution in [0.25, 0.3) is 11.4 Å². The average molecular weight is 446 g/mol. The predicted molar refractivity (Wildman–Crippen MR) is 126 cm³/mol. The molecule has 1 amide bonds. The van der Waals surface area contributed by atoms with Crippen LogP contribution in [0.2, 0.25) is 0 Å². The van der Waals surface area contributed by atoms with Crippen LogP contribution < -0.4 is 10.1 Å². The summed E-state index contributed by atoms with van der Waals surface area (Å²) >= 11 is 1.36. The van der Waals surface area contributed by atoms with E-state index in [1.807, 2.05) is 71.3 Å². The molecule has 2 aromatic heterocycles. The topological polar surface area (TPSA) is 81.9 Å². The molecule has 0 unspecified atom stereocenters. The first-order valence-corrected chi connectivity index (χ1v) is 11.3. The average Bonchev–Trinajstić information content (AvgIpc) is 3.23. The first-order chi connectivity index (χ1) is 15.7. The van der Waals surface area contributed by atoms with Gasteiger partial charge in [-0.3, -0.25) is 9.78 Å². The molecule has 1 N–H and O–H groups in total.